The van der Waals surface area contributed by atoms with E-state index in [9.17, 15) is 0 Å². The van der Waals surface area contributed by atoms with Gasteiger partial charge >= 0.3 is 0 Å². The number of halogens is 1. The standard InChI is InChI=1S/C16H12BrN5/c1-9-19-13-5-4-12(7-15(13)20-9)21-16-18-8-10-2-3-11(17)6-14(10)22-16/h2-8H,1H3,(H,19,20)(H,18,21,22). The van der Waals surface area contributed by atoms with Gasteiger partial charge in [0.1, 0.15) is 5.82 Å². The van der Waals surface area contributed by atoms with Crippen molar-refractivity contribution in [2.24, 2.45) is 0 Å². The van der Waals surface area contributed by atoms with E-state index in [1.807, 2.05) is 49.5 Å². The van der Waals surface area contributed by atoms with Gasteiger partial charge in [-0.2, -0.15) is 0 Å². The molecule has 6 heteroatoms. The van der Waals surface area contributed by atoms with Gasteiger partial charge in [0.15, 0.2) is 0 Å². The van der Waals surface area contributed by atoms with Crippen molar-refractivity contribution in [2.75, 3.05) is 5.32 Å². The molecule has 0 saturated heterocycles. The number of hydrogen-bond acceptors (Lipinski definition) is 4. The molecular weight excluding hydrogens is 342 g/mol. The second-order valence-electron chi connectivity index (χ2n) is 5.08. The molecule has 0 aliphatic rings. The molecule has 0 aliphatic heterocycles. The highest BCUT2D eigenvalue weighted by Crippen LogP contribution is 2.22. The monoisotopic (exact) mass is 353 g/mol. The van der Waals surface area contributed by atoms with E-state index in [1.54, 1.807) is 0 Å². The third-order valence-electron chi connectivity index (χ3n) is 3.40. The molecule has 4 rings (SSSR count). The molecule has 0 saturated carbocycles. The molecule has 0 amide bonds. The number of aryl methyl sites for hydroxylation is 1. The van der Waals surface area contributed by atoms with Crippen molar-refractivity contribution in [1.82, 2.24) is 19.9 Å². The van der Waals surface area contributed by atoms with Crippen LogP contribution in [-0.4, -0.2) is 19.9 Å². The fraction of sp³-hybridized carbons (Fsp3) is 0.0625. The minimum absolute atomic E-state index is 0.571. The normalized spacial score (nSPS) is 11.2. The Labute approximate surface area is 135 Å². The molecule has 2 heterocycles. The number of fused-ring (bicyclic) bond motifs is 2. The molecule has 0 fully saturated rings. The maximum atomic E-state index is 4.54. The summed E-state index contributed by atoms with van der Waals surface area (Å²) >= 11 is 3.46. The van der Waals surface area contributed by atoms with Gasteiger partial charge in [-0.05, 0) is 37.3 Å². The lowest BCUT2D eigenvalue weighted by Gasteiger charge is -2.06. The highest BCUT2D eigenvalue weighted by Gasteiger charge is 2.04. The Bertz CT molecular complexity index is 992. The molecule has 0 atom stereocenters. The van der Waals surface area contributed by atoms with E-state index in [0.29, 0.717) is 5.95 Å². The Morgan fingerprint density at radius 3 is 2.86 bits per heavy atom. The third kappa shape index (κ3) is 2.42. The van der Waals surface area contributed by atoms with Crippen LogP contribution < -0.4 is 5.32 Å². The fourth-order valence-electron chi connectivity index (χ4n) is 2.40. The number of nitrogens with zero attached hydrogens (tertiary/aromatic N) is 3. The predicted molar refractivity (Wildman–Crippen MR) is 91.4 cm³/mol. The number of aromatic amines is 1. The highest BCUT2D eigenvalue weighted by molar-refractivity contribution is 9.10. The summed E-state index contributed by atoms with van der Waals surface area (Å²) in [4.78, 5) is 16.5. The second-order valence-corrected chi connectivity index (χ2v) is 5.99. The van der Waals surface area contributed by atoms with E-state index in [0.717, 1.165) is 37.9 Å². The van der Waals surface area contributed by atoms with E-state index in [1.165, 1.54) is 0 Å². The molecule has 22 heavy (non-hydrogen) atoms. The number of nitrogens with one attached hydrogen (secondary N) is 2. The fourth-order valence-corrected chi connectivity index (χ4v) is 2.75. The number of rotatable bonds is 2. The molecule has 4 aromatic rings. The van der Waals surface area contributed by atoms with Crippen molar-refractivity contribution < 1.29 is 0 Å². The maximum Gasteiger partial charge on any atom is 0.227 e. The maximum absolute atomic E-state index is 4.54. The average Bonchev–Trinajstić information content (AvgIpc) is 2.86. The summed E-state index contributed by atoms with van der Waals surface area (Å²) in [6.45, 7) is 1.94. The van der Waals surface area contributed by atoms with E-state index < -0.39 is 0 Å². The van der Waals surface area contributed by atoms with Gasteiger partial charge in [0.05, 0.1) is 16.6 Å². The number of hydrogen-bond donors (Lipinski definition) is 2. The minimum atomic E-state index is 0.571. The Kier molecular flexibility index (Phi) is 3.04. The largest absolute Gasteiger partial charge is 0.342 e. The molecule has 5 nitrogen and oxygen atoms in total. The van der Waals surface area contributed by atoms with Gasteiger partial charge in [-0.1, -0.05) is 22.0 Å². The molecule has 2 aromatic heterocycles. The molecule has 0 radical (unpaired) electrons. The first-order valence-electron chi connectivity index (χ1n) is 6.83. The highest BCUT2D eigenvalue weighted by atomic mass is 79.9. The quantitative estimate of drug-likeness (QED) is 0.563. The Balaban J connectivity index is 1.71. The van der Waals surface area contributed by atoms with Crippen LogP contribution in [0.3, 0.4) is 0 Å². The topological polar surface area (TPSA) is 66.5 Å². The summed E-state index contributed by atoms with van der Waals surface area (Å²) in [5, 5.41) is 4.24. The van der Waals surface area contributed by atoms with Gasteiger partial charge in [-0.15, -0.1) is 0 Å². The van der Waals surface area contributed by atoms with E-state index in [2.05, 4.69) is 41.2 Å². The molecule has 2 N–H and O–H groups in total. The SMILES string of the molecule is Cc1nc2ccc(Nc3ncc4ccc(Br)cc4n3)cc2[nH]1. The van der Waals surface area contributed by atoms with Crippen molar-refractivity contribution in [3.63, 3.8) is 0 Å². The lowest BCUT2D eigenvalue weighted by atomic mass is 10.2. The first kappa shape index (κ1) is 13.2. The van der Waals surface area contributed by atoms with Crippen LogP contribution in [0.4, 0.5) is 11.6 Å². The molecule has 108 valence electrons. The summed E-state index contributed by atoms with van der Waals surface area (Å²) in [5.41, 5.74) is 3.76. The summed E-state index contributed by atoms with van der Waals surface area (Å²) in [5.74, 6) is 1.47. The van der Waals surface area contributed by atoms with Gasteiger partial charge in [0.25, 0.3) is 0 Å². The number of aromatic nitrogens is 4. The van der Waals surface area contributed by atoms with Crippen LogP contribution in [0.25, 0.3) is 21.9 Å². The molecule has 0 spiro atoms. The molecular formula is C16H12BrN5. The van der Waals surface area contributed by atoms with E-state index in [4.69, 9.17) is 0 Å². The smallest absolute Gasteiger partial charge is 0.227 e. The number of benzene rings is 2. The number of anilines is 2. The van der Waals surface area contributed by atoms with Gasteiger partial charge < -0.3 is 10.3 Å². The summed E-state index contributed by atoms with van der Waals surface area (Å²) in [6, 6.07) is 11.9. The van der Waals surface area contributed by atoms with Crippen molar-refractivity contribution in [2.45, 2.75) is 6.92 Å². The Morgan fingerprint density at radius 1 is 1.05 bits per heavy atom. The van der Waals surface area contributed by atoms with Gasteiger partial charge in [-0.25, -0.2) is 15.0 Å². The molecule has 0 aliphatic carbocycles. The van der Waals surface area contributed by atoms with E-state index in [-0.39, 0.29) is 0 Å². The van der Waals surface area contributed by atoms with Crippen LogP contribution in [0.2, 0.25) is 0 Å². The van der Waals surface area contributed by atoms with Crippen molar-refractivity contribution in [3.05, 3.63) is 52.9 Å². The summed E-state index contributed by atoms with van der Waals surface area (Å²) in [7, 11) is 0. The number of imidazole rings is 1. The van der Waals surface area contributed by atoms with Crippen molar-refractivity contribution >= 4 is 49.5 Å². The average molecular weight is 354 g/mol. The van der Waals surface area contributed by atoms with Crippen LogP contribution in [0, 0.1) is 6.92 Å². The minimum Gasteiger partial charge on any atom is -0.342 e. The van der Waals surface area contributed by atoms with Crippen LogP contribution in [-0.2, 0) is 0 Å². The summed E-state index contributed by atoms with van der Waals surface area (Å²) < 4.78 is 0.999. The molecule has 0 bridgehead atoms. The second kappa shape index (κ2) is 5.06. The van der Waals surface area contributed by atoms with Crippen molar-refractivity contribution in [3.8, 4) is 0 Å². The van der Waals surface area contributed by atoms with E-state index >= 15 is 0 Å². The zero-order valence-corrected chi connectivity index (χ0v) is 13.3. The number of H-pyrrole nitrogens is 1. The first-order chi connectivity index (χ1) is 10.7. The van der Waals surface area contributed by atoms with Crippen LogP contribution >= 0.6 is 15.9 Å². The van der Waals surface area contributed by atoms with Crippen LogP contribution in [0.15, 0.2) is 47.1 Å². The first-order valence-corrected chi connectivity index (χ1v) is 7.62. The zero-order valence-electron chi connectivity index (χ0n) is 11.8. The molecule has 0 unspecified atom stereocenters. The lowest BCUT2D eigenvalue weighted by molar-refractivity contribution is 1.17. The Morgan fingerprint density at radius 2 is 1.95 bits per heavy atom. The predicted octanol–water partition coefficient (Wildman–Crippen LogP) is 4.32. The zero-order chi connectivity index (χ0) is 15.1. The lowest BCUT2D eigenvalue weighted by Crippen LogP contribution is -1.97. The van der Waals surface area contributed by atoms with Gasteiger partial charge in [-0.3, -0.25) is 0 Å². The third-order valence-corrected chi connectivity index (χ3v) is 3.89. The van der Waals surface area contributed by atoms with Crippen LogP contribution in [0.1, 0.15) is 5.82 Å². The van der Waals surface area contributed by atoms with Crippen LogP contribution in [0.5, 0.6) is 0 Å². The van der Waals surface area contributed by atoms with Gasteiger partial charge in [0.2, 0.25) is 5.95 Å². The molecule has 2 aromatic carbocycles. The van der Waals surface area contributed by atoms with Gasteiger partial charge in [0, 0.05) is 21.7 Å². The van der Waals surface area contributed by atoms with Crippen molar-refractivity contribution in [1.29, 1.82) is 0 Å². The summed E-state index contributed by atoms with van der Waals surface area (Å²) in [6.07, 6.45) is 1.82. The Hall–Kier alpha value is -2.47.